The molecular formula is C21H33IN2O. The lowest BCUT2D eigenvalue weighted by Gasteiger charge is -2.37. The first-order valence-electron chi connectivity index (χ1n) is 9.96. The van der Waals surface area contributed by atoms with Crippen molar-refractivity contribution in [3.63, 3.8) is 0 Å². The van der Waals surface area contributed by atoms with Crippen LogP contribution in [0.15, 0.2) is 24.3 Å². The second-order valence-corrected chi connectivity index (χ2v) is 9.51. The van der Waals surface area contributed by atoms with Crippen molar-refractivity contribution in [1.82, 2.24) is 9.80 Å². The van der Waals surface area contributed by atoms with Crippen LogP contribution in [0.3, 0.4) is 0 Å². The van der Waals surface area contributed by atoms with Gasteiger partial charge in [-0.25, -0.2) is 0 Å². The molecule has 0 radical (unpaired) electrons. The first kappa shape index (κ1) is 19.4. The van der Waals surface area contributed by atoms with Crippen LogP contribution in [-0.4, -0.2) is 46.1 Å². The summed E-state index contributed by atoms with van der Waals surface area (Å²) in [6.45, 7) is 10.6. The molecule has 2 aliphatic heterocycles. The van der Waals surface area contributed by atoms with Gasteiger partial charge in [0.1, 0.15) is 11.9 Å². The molecule has 2 unspecified atom stereocenters. The summed E-state index contributed by atoms with van der Waals surface area (Å²) in [6, 6.07) is 8.84. The minimum atomic E-state index is 0.359. The Morgan fingerprint density at radius 1 is 1.08 bits per heavy atom. The quantitative estimate of drug-likeness (QED) is 0.343. The Morgan fingerprint density at radius 2 is 1.80 bits per heavy atom. The van der Waals surface area contributed by atoms with E-state index < -0.39 is 0 Å². The molecule has 4 heteroatoms. The fourth-order valence-corrected chi connectivity index (χ4v) is 5.03. The summed E-state index contributed by atoms with van der Waals surface area (Å²) in [5.41, 5.74) is 1.41. The average Bonchev–Trinajstić information content (AvgIpc) is 2.60. The van der Waals surface area contributed by atoms with Crippen molar-refractivity contribution in [2.24, 2.45) is 5.92 Å². The van der Waals surface area contributed by atoms with Gasteiger partial charge in [0.2, 0.25) is 0 Å². The Balaban J connectivity index is 1.47. The average molecular weight is 456 g/mol. The molecule has 3 nitrogen and oxygen atoms in total. The number of halogens is 1. The standard InChI is InChI=1S/C21H33IN2O/c1-17(2)15-24-13-10-20(14-21(24)22)25-19-8-6-18(7-9-19)16-23-11-4-3-5-12-23/h6-9,17,20-21H,3-5,10-16H2,1-2H3. The van der Waals surface area contributed by atoms with Gasteiger partial charge in [-0.15, -0.1) is 0 Å². The number of ether oxygens (including phenoxy) is 1. The molecule has 0 aromatic heterocycles. The molecule has 25 heavy (non-hydrogen) atoms. The van der Waals surface area contributed by atoms with E-state index in [4.69, 9.17) is 4.74 Å². The van der Waals surface area contributed by atoms with Crippen molar-refractivity contribution < 1.29 is 4.74 Å². The maximum atomic E-state index is 6.28. The van der Waals surface area contributed by atoms with Crippen LogP contribution in [0, 0.1) is 5.92 Å². The first-order valence-corrected chi connectivity index (χ1v) is 11.2. The van der Waals surface area contributed by atoms with Gasteiger partial charge in [-0.1, -0.05) is 55.0 Å². The number of alkyl halides is 1. The zero-order chi connectivity index (χ0) is 17.6. The van der Waals surface area contributed by atoms with E-state index in [0.717, 1.165) is 37.6 Å². The highest BCUT2D eigenvalue weighted by Crippen LogP contribution is 2.27. The molecule has 0 amide bonds. The van der Waals surface area contributed by atoms with Crippen LogP contribution in [0.4, 0.5) is 0 Å². The van der Waals surface area contributed by atoms with Gasteiger partial charge in [-0.2, -0.15) is 0 Å². The summed E-state index contributed by atoms with van der Waals surface area (Å²) in [7, 11) is 0. The van der Waals surface area contributed by atoms with E-state index in [-0.39, 0.29) is 0 Å². The van der Waals surface area contributed by atoms with Gasteiger partial charge >= 0.3 is 0 Å². The topological polar surface area (TPSA) is 15.7 Å². The van der Waals surface area contributed by atoms with Gasteiger partial charge in [0.05, 0.1) is 4.05 Å². The van der Waals surface area contributed by atoms with E-state index in [1.54, 1.807) is 0 Å². The van der Waals surface area contributed by atoms with Crippen LogP contribution >= 0.6 is 22.6 Å². The molecule has 0 bridgehead atoms. The Hall–Kier alpha value is -0.330. The van der Waals surface area contributed by atoms with E-state index in [0.29, 0.717) is 10.2 Å². The lowest BCUT2D eigenvalue weighted by atomic mass is 10.1. The Kier molecular flexibility index (Phi) is 7.43. The number of benzene rings is 1. The third-order valence-corrected chi connectivity index (χ3v) is 6.57. The van der Waals surface area contributed by atoms with Crippen LogP contribution in [-0.2, 0) is 6.54 Å². The molecule has 0 aliphatic carbocycles. The van der Waals surface area contributed by atoms with E-state index in [1.165, 1.54) is 44.5 Å². The molecular weight excluding hydrogens is 423 g/mol. The zero-order valence-corrected chi connectivity index (χ0v) is 18.0. The van der Waals surface area contributed by atoms with Crippen LogP contribution in [0.2, 0.25) is 0 Å². The molecule has 1 aromatic rings. The predicted octanol–water partition coefficient (Wildman–Crippen LogP) is 4.93. The normalized spacial score (nSPS) is 26.1. The summed E-state index contributed by atoms with van der Waals surface area (Å²) in [5.74, 6) is 1.77. The fourth-order valence-electron chi connectivity index (χ4n) is 3.96. The van der Waals surface area contributed by atoms with Gasteiger partial charge in [0.15, 0.2) is 0 Å². The van der Waals surface area contributed by atoms with Crippen molar-refractivity contribution in [3.8, 4) is 5.75 Å². The summed E-state index contributed by atoms with van der Waals surface area (Å²) in [5, 5.41) is 0. The molecule has 0 saturated carbocycles. The lowest BCUT2D eigenvalue weighted by Crippen LogP contribution is -2.44. The molecule has 0 spiro atoms. The van der Waals surface area contributed by atoms with Crippen molar-refractivity contribution in [2.75, 3.05) is 26.2 Å². The van der Waals surface area contributed by atoms with E-state index in [2.05, 4.69) is 70.5 Å². The number of hydrogen-bond acceptors (Lipinski definition) is 3. The summed E-state index contributed by atoms with van der Waals surface area (Å²) in [6.07, 6.45) is 6.74. The van der Waals surface area contributed by atoms with Gasteiger partial charge in [0, 0.05) is 26.1 Å². The van der Waals surface area contributed by atoms with Crippen molar-refractivity contribution in [3.05, 3.63) is 29.8 Å². The highest BCUT2D eigenvalue weighted by Gasteiger charge is 2.28. The molecule has 0 N–H and O–H groups in total. The zero-order valence-electron chi connectivity index (χ0n) is 15.8. The number of hydrogen-bond donors (Lipinski definition) is 0. The largest absolute Gasteiger partial charge is 0.490 e. The van der Waals surface area contributed by atoms with Crippen LogP contribution in [0.25, 0.3) is 0 Å². The van der Waals surface area contributed by atoms with Crippen LogP contribution < -0.4 is 4.74 Å². The summed E-state index contributed by atoms with van der Waals surface area (Å²) >= 11 is 2.59. The maximum absolute atomic E-state index is 6.28. The van der Waals surface area contributed by atoms with Gasteiger partial charge in [-0.3, -0.25) is 9.80 Å². The summed E-state index contributed by atoms with van der Waals surface area (Å²) < 4.78 is 6.87. The van der Waals surface area contributed by atoms with Crippen LogP contribution in [0.1, 0.15) is 51.5 Å². The second-order valence-electron chi connectivity index (χ2n) is 8.07. The molecule has 2 atom stereocenters. The molecule has 2 fully saturated rings. The summed E-state index contributed by atoms with van der Waals surface area (Å²) in [4.78, 5) is 5.18. The Labute approximate surface area is 167 Å². The Bertz CT molecular complexity index is 513. The van der Waals surface area contributed by atoms with Crippen molar-refractivity contribution >= 4 is 22.6 Å². The fraction of sp³-hybridized carbons (Fsp3) is 0.714. The predicted molar refractivity (Wildman–Crippen MR) is 113 cm³/mol. The molecule has 2 aliphatic rings. The number of rotatable bonds is 6. The van der Waals surface area contributed by atoms with Crippen LogP contribution in [0.5, 0.6) is 5.75 Å². The lowest BCUT2D eigenvalue weighted by molar-refractivity contribution is 0.0873. The maximum Gasteiger partial charge on any atom is 0.119 e. The molecule has 3 rings (SSSR count). The molecule has 140 valence electrons. The number of piperidine rings is 2. The SMILES string of the molecule is CC(C)CN1CCC(Oc2ccc(CN3CCCCC3)cc2)CC1I. The van der Waals surface area contributed by atoms with Crippen molar-refractivity contribution in [1.29, 1.82) is 0 Å². The van der Waals surface area contributed by atoms with Gasteiger partial charge in [0.25, 0.3) is 0 Å². The third kappa shape index (κ3) is 6.10. The minimum absolute atomic E-state index is 0.359. The molecule has 2 heterocycles. The van der Waals surface area contributed by atoms with Gasteiger partial charge in [-0.05, 0) is 56.0 Å². The highest BCUT2D eigenvalue weighted by molar-refractivity contribution is 14.1. The Morgan fingerprint density at radius 3 is 2.44 bits per heavy atom. The number of likely N-dealkylation sites (tertiary alicyclic amines) is 2. The van der Waals surface area contributed by atoms with Crippen molar-refractivity contribution in [2.45, 2.75) is 62.6 Å². The van der Waals surface area contributed by atoms with Gasteiger partial charge < -0.3 is 4.74 Å². The second kappa shape index (κ2) is 9.56. The third-order valence-electron chi connectivity index (χ3n) is 5.27. The highest BCUT2D eigenvalue weighted by atomic mass is 127. The minimum Gasteiger partial charge on any atom is -0.490 e. The van der Waals surface area contributed by atoms with E-state index >= 15 is 0 Å². The molecule has 2 saturated heterocycles. The monoisotopic (exact) mass is 456 g/mol. The van der Waals surface area contributed by atoms with E-state index in [9.17, 15) is 0 Å². The molecule has 1 aromatic carbocycles. The first-order chi connectivity index (χ1) is 12.1. The smallest absolute Gasteiger partial charge is 0.119 e. The number of nitrogens with zero attached hydrogens (tertiary/aromatic N) is 2. The van der Waals surface area contributed by atoms with E-state index in [1.807, 2.05) is 0 Å².